The summed E-state index contributed by atoms with van der Waals surface area (Å²) < 4.78 is 5.26. The Hall–Kier alpha value is -1.06. The third-order valence-electron chi connectivity index (χ3n) is 2.26. The molecule has 14 heavy (non-hydrogen) atoms. The van der Waals surface area contributed by atoms with E-state index in [1.54, 1.807) is 7.11 Å². The number of methoxy groups -OCH3 is 1. The molecule has 78 valence electrons. The molecular weight excluding hydrogens is 176 g/mol. The minimum atomic E-state index is -0.418. The summed E-state index contributed by atoms with van der Waals surface area (Å²) in [5, 5.41) is 0. The smallest absolute Gasteiger partial charge is 0.122 e. The fraction of sp³-hybridized carbons (Fsp3) is 0.455. The Morgan fingerprint density at radius 2 is 1.86 bits per heavy atom. The van der Waals surface area contributed by atoms with E-state index < -0.39 is 6.17 Å². The van der Waals surface area contributed by atoms with Gasteiger partial charge in [-0.15, -0.1) is 0 Å². The quantitative estimate of drug-likeness (QED) is 0.720. The summed E-state index contributed by atoms with van der Waals surface area (Å²) >= 11 is 0. The van der Waals surface area contributed by atoms with E-state index in [1.807, 2.05) is 18.2 Å². The summed E-state index contributed by atoms with van der Waals surface area (Å²) in [6.45, 7) is 4.23. The Bertz CT molecular complexity index is 308. The number of hydrogen-bond donors (Lipinski definition) is 2. The van der Waals surface area contributed by atoms with Crippen LogP contribution >= 0.6 is 0 Å². The van der Waals surface area contributed by atoms with Crippen LogP contribution in [-0.2, 0) is 0 Å². The molecule has 0 aliphatic carbocycles. The van der Waals surface area contributed by atoms with E-state index >= 15 is 0 Å². The molecule has 0 amide bonds. The lowest BCUT2D eigenvalue weighted by atomic mass is 9.99. The Labute approximate surface area is 85.0 Å². The van der Waals surface area contributed by atoms with E-state index in [-0.39, 0.29) is 0 Å². The third kappa shape index (κ3) is 2.25. The monoisotopic (exact) mass is 194 g/mol. The number of ether oxygens (including phenoxy) is 1. The van der Waals surface area contributed by atoms with Gasteiger partial charge in [0.1, 0.15) is 5.75 Å². The molecular formula is C11H18N2O. The second kappa shape index (κ2) is 4.44. The molecule has 0 heterocycles. The van der Waals surface area contributed by atoms with Gasteiger partial charge in [-0.1, -0.05) is 19.9 Å². The highest BCUT2D eigenvalue weighted by Crippen LogP contribution is 2.27. The predicted octanol–water partition coefficient (Wildman–Crippen LogP) is 1.73. The van der Waals surface area contributed by atoms with Crippen molar-refractivity contribution in [3.05, 3.63) is 29.3 Å². The van der Waals surface area contributed by atoms with Crippen LogP contribution in [0.2, 0.25) is 0 Å². The molecule has 4 N–H and O–H groups in total. The van der Waals surface area contributed by atoms with E-state index in [1.165, 1.54) is 0 Å². The van der Waals surface area contributed by atoms with Gasteiger partial charge in [0.05, 0.1) is 13.3 Å². The molecule has 1 rings (SSSR count). The first-order valence-corrected chi connectivity index (χ1v) is 4.75. The van der Waals surface area contributed by atoms with Crippen molar-refractivity contribution in [2.24, 2.45) is 11.5 Å². The van der Waals surface area contributed by atoms with Crippen molar-refractivity contribution in [3.63, 3.8) is 0 Å². The zero-order valence-electron chi connectivity index (χ0n) is 8.95. The van der Waals surface area contributed by atoms with Gasteiger partial charge in [0.25, 0.3) is 0 Å². The lowest BCUT2D eigenvalue weighted by Gasteiger charge is -2.14. The fourth-order valence-corrected chi connectivity index (χ4v) is 1.41. The molecule has 0 aliphatic rings. The lowest BCUT2D eigenvalue weighted by Crippen LogP contribution is -2.20. The predicted molar refractivity (Wildman–Crippen MR) is 58.2 cm³/mol. The van der Waals surface area contributed by atoms with Gasteiger partial charge in [-0.2, -0.15) is 0 Å². The molecule has 3 heteroatoms. The van der Waals surface area contributed by atoms with Gasteiger partial charge in [0, 0.05) is 0 Å². The van der Waals surface area contributed by atoms with Crippen molar-refractivity contribution < 1.29 is 4.74 Å². The standard InChI is InChI=1S/C11H18N2O/c1-7(2)9-6-8(11(12)13)4-5-10(9)14-3/h4-7,11H,12-13H2,1-3H3. The first kappa shape index (κ1) is 11.0. The van der Waals surface area contributed by atoms with Crippen molar-refractivity contribution in [1.29, 1.82) is 0 Å². The highest BCUT2D eigenvalue weighted by Gasteiger charge is 2.09. The molecule has 0 atom stereocenters. The maximum Gasteiger partial charge on any atom is 0.122 e. The Kier molecular flexibility index (Phi) is 3.49. The van der Waals surface area contributed by atoms with Crippen LogP contribution in [0.4, 0.5) is 0 Å². The van der Waals surface area contributed by atoms with Crippen LogP contribution < -0.4 is 16.2 Å². The van der Waals surface area contributed by atoms with Crippen molar-refractivity contribution in [3.8, 4) is 5.75 Å². The van der Waals surface area contributed by atoms with E-state index in [4.69, 9.17) is 16.2 Å². The topological polar surface area (TPSA) is 61.3 Å². The van der Waals surface area contributed by atoms with Crippen molar-refractivity contribution in [2.45, 2.75) is 25.9 Å². The minimum absolute atomic E-state index is 0.406. The molecule has 0 aromatic heterocycles. The normalized spacial score (nSPS) is 11.1. The maximum atomic E-state index is 5.61. The number of nitrogens with two attached hydrogens (primary N) is 2. The van der Waals surface area contributed by atoms with E-state index in [2.05, 4.69) is 13.8 Å². The van der Waals surface area contributed by atoms with Crippen molar-refractivity contribution >= 4 is 0 Å². The SMILES string of the molecule is COc1ccc(C(N)N)cc1C(C)C. The highest BCUT2D eigenvalue weighted by atomic mass is 16.5. The molecule has 0 saturated carbocycles. The van der Waals surface area contributed by atoms with Gasteiger partial charge in [-0.3, -0.25) is 0 Å². The molecule has 3 nitrogen and oxygen atoms in total. The average Bonchev–Trinajstić information content (AvgIpc) is 2.16. The molecule has 0 fully saturated rings. The second-order valence-corrected chi connectivity index (χ2v) is 3.68. The molecule has 1 aromatic carbocycles. The summed E-state index contributed by atoms with van der Waals surface area (Å²) in [5.41, 5.74) is 13.3. The minimum Gasteiger partial charge on any atom is -0.496 e. The van der Waals surface area contributed by atoms with E-state index in [0.29, 0.717) is 5.92 Å². The zero-order chi connectivity index (χ0) is 10.7. The van der Waals surface area contributed by atoms with Gasteiger partial charge in [0.15, 0.2) is 0 Å². The van der Waals surface area contributed by atoms with Crippen molar-refractivity contribution in [1.82, 2.24) is 0 Å². The van der Waals surface area contributed by atoms with Crippen LogP contribution in [0.25, 0.3) is 0 Å². The number of rotatable bonds is 3. The van der Waals surface area contributed by atoms with Crippen LogP contribution in [0, 0.1) is 0 Å². The zero-order valence-corrected chi connectivity index (χ0v) is 8.95. The molecule has 0 bridgehead atoms. The summed E-state index contributed by atoms with van der Waals surface area (Å²) in [7, 11) is 1.67. The molecule has 1 aromatic rings. The average molecular weight is 194 g/mol. The molecule has 0 spiro atoms. The molecule has 0 aliphatic heterocycles. The number of hydrogen-bond acceptors (Lipinski definition) is 3. The van der Waals surface area contributed by atoms with E-state index in [9.17, 15) is 0 Å². The first-order valence-electron chi connectivity index (χ1n) is 4.75. The van der Waals surface area contributed by atoms with Gasteiger partial charge in [0.2, 0.25) is 0 Å². The van der Waals surface area contributed by atoms with Gasteiger partial charge >= 0.3 is 0 Å². The highest BCUT2D eigenvalue weighted by molar-refractivity contribution is 5.40. The Balaban J connectivity index is 3.14. The van der Waals surface area contributed by atoms with Gasteiger partial charge < -0.3 is 16.2 Å². The second-order valence-electron chi connectivity index (χ2n) is 3.68. The largest absolute Gasteiger partial charge is 0.496 e. The van der Waals surface area contributed by atoms with Crippen LogP contribution in [0.1, 0.15) is 37.1 Å². The summed E-state index contributed by atoms with van der Waals surface area (Å²) in [6.07, 6.45) is -0.418. The van der Waals surface area contributed by atoms with Crippen LogP contribution in [0.15, 0.2) is 18.2 Å². The lowest BCUT2D eigenvalue weighted by molar-refractivity contribution is 0.407. The third-order valence-corrected chi connectivity index (χ3v) is 2.26. The van der Waals surface area contributed by atoms with Crippen LogP contribution in [0.5, 0.6) is 5.75 Å². The van der Waals surface area contributed by atoms with Crippen molar-refractivity contribution in [2.75, 3.05) is 7.11 Å². The first-order chi connectivity index (χ1) is 6.56. The molecule has 0 radical (unpaired) electrons. The Morgan fingerprint density at radius 1 is 1.21 bits per heavy atom. The summed E-state index contributed by atoms with van der Waals surface area (Å²) in [5.74, 6) is 1.30. The van der Waals surface area contributed by atoms with Gasteiger partial charge in [-0.25, -0.2) is 0 Å². The fourth-order valence-electron chi connectivity index (χ4n) is 1.41. The summed E-state index contributed by atoms with van der Waals surface area (Å²) in [6, 6.07) is 5.82. The van der Waals surface area contributed by atoms with Crippen LogP contribution in [-0.4, -0.2) is 7.11 Å². The molecule has 0 unspecified atom stereocenters. The molecule has 0 saturated heterocycles. The summed E-state index contributed by atoms with van der Waals surface area (Å²) in [4.78, 5) is 0. The van der Waals surface area contributed by atoms with E-state index in [0.717, 1.165) is 16.9 Å². The van der Waals surface area contributed by atoms with Crippen LogP contribution in [0.3, 0.4) is 0 Å². The van der Waals surface area contributed by atoms with Gasteiger partial charge in [-0.05, 0) is 29.2 Å². The maximum absolute atomic E-state index is 5.61. The number of benzene rings is 1. The Morgan fingerprint density at radius 3 is 2.29 bits per heavy atom.